The van der Waals surface area contributed by atoms with Crippen molar-refractivity contribution in [1.29, 1.82) is 0 Å². The molecule has 2 N–H and O–H groups in total. The molecule has 0 aliphatic carbocycles. The lowest BCUT2D eigenvalue weighted by Crippen LogP contribution is -2.38. The first-order valence-electron chi connectivity index (χ1n) is 9.35. The molecule has 10 heteroatoms. The first kappa shape index (κ1) is 24.4. The molecule has 0 unspecified atom stereocenters. The second-order valence-electron chi connectivity index (χ2n) is 6.20. The summed E-state index contributed by atoms with van der Waals surface area (Å²) in [7, 11) is 0. The van der Waals surface area contributed by atoms with E-state index in [2.05, 4.69) is 30.8 Å². The van der Waals surface area contributed by atoms with Crippen molar-refractivity contribution in [3.63, 3.8) is 0 Å². The third-order valence-corrected chi connectivity index (χ3v) is 4.48. The number of rotatable bonds is 8. The van der Waals surface area contributed by atoms with Crippen molar-refractivity contribution in [2.45, 2.75) is 19.8 Å². The highest BCUT2D eigenvalue weighted by atomic mass is 127. The average Bonchev–Trinajstić information content (AvgIpc) is 3.19. The molecule has 1 aromatic carbocycles. The lowest BCUT2D eigenvalue weighted by Gasteiger charge is -2.11. The van der Waals surface area contributed by atoms with Gasteiger partial charge in [0.25, 0.3) is 0 Å². The van der Waals surface area contributed by atoms with Crippen LogP contribution in [0.15, 0.2) is 52.1 Å². The van der Waals surface area contributed by atoms with Crippen LogP contribution in [0.4, 0.5) is 0 Å². The standard InChI is InChI=1S/C20H22Cl2N6O.HI/c1-2-23-20(24-11-9-14-3-8-17(22)26-13-14)25-12-10-18-27-19(28-29-18)15-4-6-16(21)7-5-15;/h3-8,13H,2,9-12H2,1H3,(H2,23,24,25);1H. The van der Waals surface area contributed by atoms with Crippen molar-refractivity contribution in [2.24, 2.45) is 4.99 Å². The van der Waals surface area contributed by atoms with Crippen LogP contribution < -0.4 is 10.6 Å². The molecule has 3 aromatic rings. The molecular weight excluding hydrogens is 538 g/mol. The number of hydrogen-bond acceptors (Lipinski definition) is 5. The summed E-state index contributed by atoms with van der Waals surface area (Å²) in [4.78, 5) is 13.1. The van der Waals surface area contributed by atoms with Crippen molar-refractivity contribution in [3.8, 4) is 11.4 Å². The molecule has 0 aliphatic heterocycles. The van der Waals surface area contributed by atoms with E-state index in [-0.39, 0.29) is 24.0 Å². The number of nitrogens with zero attached hydrogens (tertiary/aromatic N) is 4. The number of halogens is 3. The van der Waals surface area contributed by atoms with Gasteiger partial charge in [0.15, 0.2) is 5.96 Å². The number of nitrogens with one attached hydrogen (secondary N) is 2. The molecule has 0 aliphatic rings. The van der Waals surface area contributed by atoms with Crippen molar-refractivity contribution in [1.82, 2.24) is 25.8 Å². The van der Waals surface area contributed by atoms with Crippen LogP contribution in [0.3, 0.4) is 0 Å². The molecule has 7 nitrogen and oxygen atoms in total. The summed E-state index contributed by atoms with van der Waals surface area (Å²) in [6, 6.07) is 11.1. The van der Waals surface area contributed by atoms with E-state index in [1.807, 2.05) is 25.1 Å². The molecule has 3 rings (SSSR count). The maximum Gasteiger partial charge on any atom is 0.228 e. The van der Waals surface area contributed by atoms with Crippen molar-refractivity contribution in [3.05, 3.63) is 64.2 Å². The van der Waals surface area contributed by atoms with Crippen molar-refractivity contribution >= 4 is 53.1 Å². The Morgan fingerprint density at radius 1 is 1.07 bits per heavy atom. The first-order chi connectivity index (χ1) is 14.1. The summed E-state index contributed by atoms with van der Waals surface area (Å²) < 4.78 is 5.32. The van der Waals surface area contributed by atoms with Crippen molar-refractivity contribution < 1.29 is 4.52 Å². The number of hydrogen-bond donors (Lipinski definition) is 2. The summed E-state index contributed by atoms with van der Waals surface area (Å²) in [5, 5.41) is 11.7. The van der Waals surface area contributed by atoms with Gasteiger partial charge < -0.3 is 15.2 Å². The van der Waals surface area contributed by atoms with E-state index in [9.17, 15) is 0 Å². The largest absolute Gasteiger partial charge is 0.357 e. The topological polar surface area (TPSA) is 88.2 Å². The first-order valence-corrected chi connectivity index (χ1v) is 10.1. The Morgan fingerprint density at radius 2 is 1.87 bits per heavy atom. The Bertz CT molecular complexity index is 931. The third kappa shape index (κ3) is 7.73. The zero-order valence-electron chi connectivity index (χ0n) is 16.4. The summed E-state index contributed by atoms with van der Waals surface area (Å²) in [5.74, 6) is 1.83. The average molecular weight is 561 g/mol. The third-order valence-electron chi connectivity index (χ3n) is 4.01. The zero-order chi connectivity index (χ0) is 20.5. The van der Waals surface area contributed by atoms with E-state index in [4.69, 9.17) is 27.7 Å². The Hall–Kier alpha value is -1.91. The monoisotopic (exact) mass is 560 g/mol. The zero-order valence-corrected chi connectivity index (χ0v) is 20.3. The maximum absolute atomic E-state index is 5.91. The normalized spacial score (nSPS) is 11.1. The van der Waals surface area contributed by atoms with Gasteiger partial charge in [0.1, 0.15) is 5.15 Å². The molecule has 0 saturated heterocycles. The molecular formula is C20H23Cl2IN6O. The lowest BCUT2D eigenvalue weighted by atomic mass is 10.2. The minimum atomic E-state index is 0. The summed E-state index contributed by atoms with van der Waals surface area (Å²) in [5.41, 5.74) is 1.97. The van der Waals surface area contributed by atoms with Gasteiger partial charge in [0.05, 0.1) is 6.54 Å². The SMILES string of the molecule is CCNC(=NCCc1nc(-c2ccc(Cl)cc2)no1)NCCc1ccc(Cl)nc1.I. The van der Waals surface area contributed by atoms with Gasteiger partial charge in [-0.15, -0.1) is 24.0 Å². The number of benzene rings is 1. The minimum absolute atomic E-state index is 0. The number of aromatic nitrogens is 3. The predicted octanol–water partition coefficient (Wildman–Crippen LogP) is 4.40. The Labute approximate surface area is 202 Å². The van der Waals surface area contributed by atoms with Gasteiger partial charge in [-0.05, 0) is 49.2 Å². The number of guanidine groups is 1. The van der Waals surface area contributed by atoms with Crippen LogP contribution in [-0.2, 0) is 12.8 Å². The summed E-state index contributed by atoms with van der Waals surface area (Å²) in [6.45, 7) is 4.06. The molecule has 160 valence electrons. The van der Waals surface area contributed by atoms with Gasteiger partial charge in [-0.1, -0.05) is 34.4 Å². The summed E-state index contributed by atoms with van der Waals surface area (Å²) in [6.07, 6.45) is 3.16. The fourth-order valence-electron chi connectivity index (χ4n) is 2.56. The molecule has 30 heavy (non-hydrogen) atoms. The van der Waals surface area contributed by atoms with E-state index in [1.165, 1.54) is 0 Å². The number of aliphatic imine (C=N–C) groups is 1. The van der Waals surface area contributed by atoms with E-state index in [1.54, 1.807) is 24.4 Å². The lowest BCUT2D eigenvalue weighted by molar-refractivity contribution is 0.380. The van der Waals surface area contributed by atoms with E-state index in [0.717, 1.165) is 36.6 Å². The van der Waals surface area contributed by atoms with Crippen LogP contribution in [0.2, 0.25) is 10.2 Å². The second kappa shape index (κ2) is 12.7. The molecule has 0 atom stereocenters. The molecule has 0 spiro atoms. The van der Waals surface area contributed by atoms with Crippen molar-refractivity contribution in [2.75, 3.05) is 19.6 Å². The molecule has 0 bridgehead atoms. The van der Waals surface area contributed by atoms with Gasteiger partial charge in [-0.3, -0.25) is 4.99 Å². The van der Waals surface area contributed by atoms with Gasteiger partial charge in [-0.2, -0.15) is 4.98 Å². The van der Waals surface area contributed by atoms with Crippen LogP contribution in [0, 0.1) is 0 Å². The molecule has 2 aromatic heterocycles. The molecule has 0 fully saturated rings. The summed E-state index contributed by atoms with van der Waals surface area (Å²) >= 11 is 11.7. The highest BCUT2D eigenvalue weighted by Crippen LogP contribution is 2.18. The van der Waals surface area contributed by atoms with Crippen LogP contribution in [0.5, 0.6) is 0 Å². The van der Waals surface area contributed by atoms with Crippen LogP contribution in [0.25, 0.3) is 11.4 Å². The van der Waals surface area contributed by atoms with Crippen LogP contribution in [0.1, 0.15) is 18.4 Å². The quantitative estimate of drug-likeness (QED) is 0.184. The Kier molecular flexibility index (Phi) is 10.3. The predicted molar refractivity (Wildman–Crippen MR) is 131 cm³/mol. The Balaban J connectivity index is 0.00000320. The highest BCUT2D eigenvalue weighted by molar-refractivity contribution is 14.0. The molecule has 0 saturated carbocycles. The van der Waals surface area contributed by atoms with E-state index < -0.39 is 0 Å². The number of pyridine rings is 1. The molecule has 0 amide bonds. The van der Waals surface area contributed by atoms with Gasteiger partial charge in [0, 0.05) is 36.3 Å². The van der Waals surface area contributed by atoms with E-state index in [0.29, 0.717) is 34.9 Å². The smallest absolute Gasteiger partial charge is 0.228 e. The highest BCUT2D eigenvalue weighted by Gasteiger charge is 2.08. The maximum atomic E-state index is 5.91. The molecule has 0 radical (unpaired) electrons. The van der Waals surface area contributed by atoms with Crippen LogP contribution >= 0.6 is 47.2 Å². The fraction of sp³-hybridized carbons (Fsp3) is 0.300. The van der Waals surface area contributed by atoms with Gasteiger partial charge >= 0.3 is 0 Å². The Morgan fingerprint density at radius 3 is 2.57 bits per heavy atom. The minimum Gasteiger partial charge on any atom is -0.357 e. The van der Waals surface area contributed by atoms with Gasteiger partial charge in [0.2, 0.25) is 11.7 Å². The van der Waals surface area contributed by atoms with E-state index >= 15 is 0 Å². The van der Waals surface area contributed by atoms with Gasteiger partial charge in [-0.25, -0.2) is 4.98 Å². The van der Waals surface area contributed by atoms with Crippen LogP contribution in [-0.4, -0.2) is 40.7 Å². The fourth-order valence-corrected chi connectivity index (χ4v) is 2.80. The molecule has 2 heterocycles. The second-order valence-corrected chi connectivity index (χ2v) is 7.02.